The Hall–Kier alpha value is -2.99. The molecule has 2 aromatic carbocycles. The molecule has 0 saturated heterocycles. The maximum atomic E-state index is 12.6. The molecule has 0 spiro atoms. The van der Waals surface area contributed by atoms with Gasteiger partial charge in [-0.25, -0.2) is 4.98 Å². The number of carboxylic acids is 1. The van der Waals surface area contributed by atoms with E-state index in [4.69, 9.17) is 0 Å². The molecule has 0 bridgehead atoms. The number of aliphatic carboxylic acids is 1. The molecule has 1 aromatic heterocycles. The van der Waals surface area contributed by atoms with Crippen molar-refractivity contribution < 1.29 is 14.7 Å². The molecule has 6 heteroatoms. The van der Waals surface area contributed by atoms with Gasteiger partial charge in [-0.3, -0.25) is 9.59 Å². The average Bonchev–Trinajstić information content (AvgIpc) is 3.21. The quantitative estimate of drug-likeness (QED) is 0.436. The number of thiazole rings is 1. The highest BCUT2D eigenvalue weighted by Gasteiger charge is 2.27. The molecule has 0 radical (unpaired) electrons. The third-order valence-electron chi connectivity index (χ3n) is 5.54. The number of nitrogens with one attached hydrogen (secondary N) is 1. The minimum absolute atomic E-state index is 0.0494. The van der Waals surface area contributed by atoms with Gasteiger partial charge in [-0.1, -0.05) is 45.0 Å². The second-order valence-corrected chi connectivity index (χ2v) is 10.8. The fourth-order valence-electron chi connectivity index (χ4n) is 3.13. The molecule has 0 aliphatic carbocycles. The fraction of sp³-hybridized carbons (Fsp3) is 0.346. The summed E-state index contributed by atoms with van der Waals surface area (Å²) in [5.41, 5.74) is 2.84. The summed E-state index contributed by atoms with van der Waals surface area (Å²) in [6.07, 6.45) is 2.99. The van der Waals surface area contributed by atoms with E-state index in [2.05, 4.69) is 31.1 Å². The lowest BCUT2D eigenvalue weighted by molar-refractivity contribution is -0.147. The van der Waals surface area contributed by atoms with Crippen LogP contribution in [0.15, 0.2) is 54.7 Å². The number of anilines is 1. The van der Waals surface area contributed by atoms with Crippen molar-refractivity contribution in [1.29, 1.82) is 0 Å². The van der Waals surface area contributed by atoms with Crippen LogP contribution in [0.25, 0.3) is 10.4 Å². The molecular formula is C26H30N2O3S. The number of aromatic nitrogens is 1. The van der Waals surface area contributed by atoms with Crippen molar-refractivity contribution in [2.75, 3.05) is 5.32 Å². The number of hydrogen-bond donors (Lipinski definition) is 2. The smallest absolute Gasteiger partial charge is 0.309 e. The van der Waals surface area contributed by atoms with Gasteiger partial charge in [0.05, 0.1) is 15.3 Å². The summed E-state index contributed by atoms with van der Waals surface area (Å²) in [5.74, 6) is -0.934. The minimum Gasteiger partial charge on any atom is -0.481 e. The first kappa shape index (κ1) is 23.7. The lowest BCUT2D eigenvalue weighted by Crippen LogP contribution is -2.24. The lowest BCUT2D eigenvalue weighted by atomic mass is 9.87. The maximum absolute atomic E-state index is 12.6. The number of aryl methyl sites for hydroxylation is 1. The zero-order chi connectivity index (χ0) is 23.5. The number of benzene rings is 2. The molecule has 32 heavy (non-hydrogen) atoms. The Kier molecular flexibility index (Phi) is 6.84. The Morgan fingerprint density at radius 2 is 1.59 bits per heavy atom. The van der Waals surface area contributed by atoms with Crippen LogP contribution >= 0.6 is 11.3 Å². The van der Waals surface area contributed by atoms with Gasteiger partial charge in [-0.2, -0.15) is 0 Å². The highest BCUT2D eigenvalue weighted by molar-refractivity contribution is 7.15. The summed E-state index contributed by atoms with van der Waals surface area (Å²) >= 11 is 1.57. The number of carbonyl (C=O) groups is 2. The Morgan fingerprint density at radius 3 is 2.16 bits per heavy atom. The number of amides is 1. The highest BCUT2D eigenvalue weighted by atomic mass is 32.1. The first-order valence-electron chi connectivity index (χ1n) is 10.7. The van der Waals surface area contributed by atoms with Crippen LogP contribution < -0.4 is 5.32 Å². The van der Waals surface area contributed by atoms with Crippen molar-refractivity contribution in [3.05, 3.63) is 70.9 Å². The molecule has 0 aliphatic rings. The van der Waals surface area contributed by atoms with E-state index in [0.717, 1.165) is 21.1 Å². The monoisotopic (exact) mass is 450 g/mol. The fourth-order valence-corrected chi connectivity index (χ4v) is 4.05. The molecular weight excluding hydrogens is 420 g/mol. The van der Waals surface area contributed by atoms with Crippen LogP contribution in [0.3, 0.4) is 0 Å². The molecule has 0 saturated carbocycles. The van der Waals surface area contributed by atoms with Gasteiger partial charge < -0.3 is 10.4 Å². The van der Waals surface area contributed by atoms with Gasteiger partial charge in [0.1, 0.15) is 0 Å². The van der Waals surface area contributed by atoms with E-state index >= 15 is 0 Å². The second kappa shape index (κ2) is 9.25. The van der Waals surface area contributed by atoms with Gasteiger partial charge in [0.2, 0.25) is 0 Å². The molecule has 0 atom stereocenters. The lowest BCUT2D eigenvalue weighted by Gasteiger charge is -2.19. The van der Waals surface area contributed by atoms with Crippen LogP contribution in [0, 0.1) is 5.41 Å². The summed E-state index contributed by atoms with van der Waals surface area (Å²) in [6.45, 7) is 9.90. The van der Waals surface area contributed by atoms with E-state index in [-0.39, 0.29) is 11.3 Å². The Morgan fingerprint density at radius 1 is 0.969 bits per heavy atom. The standard InChI is InChI=1S/C26H30N2O3S/c1-25(2,3)19-10-6-18(7-11-19)23(29)28-20-12-8-17(9-13-20)21-16-27-22(32-21)14-15-26(4,5)24(30)31/h6-13,16H,14-15H2,1-5H3,(H,28,29)(H,30,31). The normalized spacial score (nSPS) is 11.9. The topological polar surface area (TPSA) is 79.3 Å². The van der Waals surface area contributed by atoms with Gasteiger partial charge in [-0.15, -0.1) is 11.3 Å². The van der Waals surface area contributed by atoms with Crippen LogP contribution in [0.4, 0.5) is 5.69 Å². The van der Waals surface area contributed by atoms with Crippen molar-refractivity contribution in [2.45, 2.75) is 52.9 Å². The van der Waals surface area contributed by atoms with Crippen molar-refractivity contribution >= 4 is 28.9 Å². The van der Waals surface area contributed by atoms with Crippen LogP contribution in [-0.2, 0) is 16.6 Å². The van der Waals surface area contributed by atoms with Crippen LogP contribution in [0.5, 0.6) is 0 Å². The van der Waals surface area contributed by atoms with Crippen LogP contribution in [0.2, 0.25) is 0 Å². The predicted octanol–water partition coefficient (Wildman–Crippen LogP) is 6.40. The summed E-state index contributed by atoms with van der Waals surface area (Å²) < 4.78 is 0. The van der Waals surface area contributed by atoms with E-state index in [0.29, 0.717) is 18.4 Å². The third-order valence-corrected chi connectivity index (χ3v) is 6.64. The first-order valence-corrected chi connectivity index (χ1v) is 11.5. The zero-order valence-electron chi connectivity index (χ0n) is 19.2. The molecule has 0 fully saturated rings. The number of nitrogens with zero attached hydrogens (tertiary/aromatic N) is 1. The molecule has 0 unspecified atom stereocenters. The molecule has 5 nitrogen and oxygen atoms in total. The number of carbonyl (C=O) groups excluding carboxylic acids is 1. The van der Waals surface area contributed by atoms with Gasteiger partial charge in [0, 0.05) is 23.9 Å². The molecule has 1 amide bonds. The van der Waals surface area contributed by atoms with Crippen molar-refractivity contribution in [2.24, 2.45) is 5.41 Å². The van der Waals surface area contributed by atoms with Crippen molar-refractivity contribution in [3.63, 3.8) is 0 Å². The predicted molar refractivity (Wildman–Crippen MR) is 130 cm³/mol. The number of carboxylic acid groups (broad SMARTS) is 1. The highest BCUT2D eigenvalue weighted by Crippen LogP contribution is 2.30. The first-order chi connectivity index (χ1) is 15.0. The maximum Gasteiger partial charge on any atom is 0.309 e. The molecule has 1 heterocycles. The summed E-state index contributed by atoms with van der Waals surface area (Å²) in [7, 11) is 0. The minimum atomic E-state index is -0.794. The van der Waals surface area contributed by atoms with E-state index in [1.54, 1.807) is 25.2 Å². The van der Waals surface area contributed by atoms with Crippen LogP contribution in [0.1, 0.15) is 62.0 Å². The number of hydrogen-bond acceptors (Lipinski definition) is 4. The summed E-state index contributed by atoms with van der Waals surface area (Å²) in [4.78, 5) is 29.3. The number of rotatable bonds is 7. The van der Waals surface area contributed by atoms with E-state index in [1.165, 1.54) is 5.56 Å². The molecule has 0 aliphatic heterocycles. The molecule has 3 aromatic rings. The average molecular weight is 451 g/mol. The van der Waals surface area contributed by atoms with Gasteiger partial charge in [-0.05, 0) is 61.1 Å². The SMILES string of the molecule is CC(C)(CCc1ncc(-c2ccc(NC(=O)c3ccc(C(C)(C)C)cc3)cc2)s1)C(=O)O. The largest absolute Gasteiger partial charge is 0.481 e. The van der Waals surface area contributed by atoms with Crippen LogP contribution in [-0.4, -0.2) is 22.0 Å². The van der Waals surface area contributed by atoms with Gasteiger partial charge in [0.15, 0.2) is 0 Å². The van der Waals surface area contributed by atoms with E-state index in [1.807, 2.05) is 54.7 Å². The molecule has 3 rings (SSSR count). The van der Waals surface area contributed by atoms with E-state index in [9.17, 15) is 14.7 Å². The summed E-state index contributed by atoms with van der Waals surface area (Å²) in [5, 5.41) is 13.1. The zero-order valence-corrected chi connectivity index (χ0v) is 20.0. The van der Waals surface area contributed by atoms with Gasteiger partial charge >= 0.3 is 5.97 Å². The third kappa shape index (κ3) is 5.82. The van der Waals surface area contributed by atoms with Crippen molar-refractivity contribution in [1.82, 2.24) is 4.98 Å². The van der Waals surface area contributed by atoms with Crippen molar-refractivity contribution in [3.8, 4) is 10.4 Å². The summed E-state index contributed by atoms with van der Waals surface area (Å²) in [6, 6.07) is 15.4. The second-order valence-electron chi connectivity index (χ2n) is 9.67. The Bertz CT molecular complexity index is 1090. The molecule has 2 N–H and O–H groups in total. The Balaban J connectivity index is 1.62. The Labute approximate surface area is 193 Å². The molecule has 168 valence electrons. The van der Waals surface area contributed by atoms with E-state index < -0.39 is 11.4 Å². The van der Waals surface area contributed by atoms with Gasteiger partial charge in [0.25, 0.3) is 5.91 Å².